The molecule has 2 rings (SSSR count). The maximum Gasteiger partial charge on any atom is 0.248 e. The van der Waals surface area contributed by atoms with Crippen molar-refractivity contribution in [3.8, 4) is 5.75 Å². The molecular formula is C28H41N5O4. The molecule has 0 aliphatic carbocycles. The van der Waals surface area contributed by atoms with Crippen molar-refractivity contribution in [1.29, 1.82) is 0 Å². The number of phenolic OH excluding ortho intramolecular Hbond substituents is 1. The lowest BCUT2D eigenvalue weighted by atomic mass is 10.0. The van der Waals surface area contributed by atoms with Crippen molar-refractivity contribution in [2.45, 2.75) is 44.8 Å². The Morgan fingerprint density at radius 2 is 1.54 bits per heavy atom. The van der Waals surface area contributed by atoms with E-state index in [-0.39, 0.29) is 24.2 Å². The lowest BCUT2D eigenvalue weighted by Crippen LogP contribution is -2.54. The van der Waals surface area contributed by atoms with Crippen LogP contribution in [0.2, 0.25) is 0 Å². The Morgan fingerprint density at radius 1 is 0.919 bits per heavy atom. The Labute approximate surface area is 220 Å². The summed E-state index contributed by atoms with van der Waals surface area (Å²) in [6, 6.07) is 15.4. The average molecular weight is 512 g/mol. The molecule has 0 saturated heterocycles. The molecule has 0 aliphatic heterocycles. The number of nitrogens with one attached hydrogen (secondary N) is 3. The highest BCUT2D eigenvalue weighted by Crippen LogP contribution is 2.12. The molecule has 0 spiro atoms. The highest BCUT2D eigenvalue weighted by Gasteiger charge is 2.25. The van der Waals surface area contributed by atoms with Gasteiger partial charge in [0.05, 0.1) is 12.6 Å². The van der Waals surface area contributed by atoms with Crippen molar-refractivity contribution in [1.82, 2.24) is 25.8 Å². The summed E-state index contributed by atoms with van der Waals surface area (Å²) in [6.45, 7) is 5.05. The zero-order valence-corrected chi connectivity index (χ0v) is 22.5. The quantitative estimate of drug-likeness (QED) is 0.301. The third kappa shape index (κ3) is 10.3. The number of carbonyl (C=O) groups excluding carboxylic acids is 3. The lowest BCUT2D eigenvalue weighted by molar-refractivity contribution is -0.135. The van der Waals surface area contributed by atoms with Gasteiger partial charge in [0.1, 0.15) is 11.8 Å². The predicted molar refractivity (Wildman–Crippen MR) is 145 cm³/mol. The lowest BCUT2D eigenvalue weighted by Gasteiger charge is -2.32. The van der Waals surface area contributed by atoms with E-state index in [0.29, 0.717) is 13.0 Å². The van der Waals surface area contributed by atoms with Crippen molar-refractivity contribution in [3.05, 3.63) is 65.7 Å². The van der Waals surface area contributed by atoms with Crippen molar-refractivity contribution in [3.63, 3.8) is 0 Å². The smallest absolute Gasteiger partial charge is 0.248 e. The van der Waals surface area contributed by atoms with Crippen molar-refractivity contribution in [2.24, 2.45) is 0 Å². The first-order chi connectivity index (χ1) is 17.6. The number of aromatic hydroxyl groups is 1. The number of rotatable bonds is 14. The molecule has 2 aromatic rings. The van der Waals surface area contributed by atoms with Gasteiger partial charge in [-0.05, 0) is 70.7 Å². The Hall–Kier alpha value is -3.27. The Kier molecular flexibility index (Phi) is 12.2. The molecule has 9 nitrogen and oxygen atoms in total. The maximum absolute atomic E-state index is 12.8. The van der Waals surface area contributed by atoms with E-state index in [0.717, 1.165) is 18.5 Å². The molecule has 2 aromatic carbocycles. The van der Waals surface area contributed by atoms with Gasteiger partial charge in [0, 0.05) is 12.6 Å². The summed E-state index contributed by atoms with van der Waals surface area (Å²) >= 11 is 0. The first-order valence-corrected chi connectivity index (χ1v) is 12.6. The number of carbonyl (C=O) groups is 3. The molecule has 0 heterocycles. The molecule has 0 unspecified atom stereocenters. The molecule has 0 bridgehead atoms. The number of hydrogen-bond acceptors (Lipinski definition) is 7. The van der Waals surface area contributed by atoms with Gasteiger partial charge in [0.2, 0.25) is 17.7 Å². The number of nitrogens with zero attached hydrogens (tertiary/aromatic N) is 2. The standard InChI is InChI=1S/C28H41N5O4/c1-6-33(23(18-32(4)5)16-21-10-8-7-9-11-21)19-26(35)31-27(36)20(2)30-28(37)25(29-3)17-22-12-14-24(34)15-13-22/h7-15,20,23,25,29,34H,6,16-19H2,1-5H3,(H,30,37)(H,31,35,36)/t20-,23+,25+/m1/s1. The van der Waals surface area contributed by atoms with Gasteiger partial charge in [-0.2, -0.15) is 0 Å². The van der Waals surface area contributed by atoms with Gasteiger partial charge in [-0.3, -0.25) is 24.6 Å². The molecule has 0 saturated carbocycles. The van der Waals surface area contributed by atoms with Crippen molar-refractivity contribution < 1.29 is 19.5 Å². The van der Waals surface area contributed by atoms with Gasteiger partial charge < -0.3 is 20.6 Å². The second kappa shape index (κ2) is 15.1. The molecule has 0 aromatic heterocycles. The fourth-order valence-electron chi connectivity index (χ4n) is 4.16. The molecule has 202 valence electrons. The highest BCUT2D eigenvalue weighted by molar-refractivity contribution is 6.00. The molecule has 0 radical (unpaired) electrons. The maximum atomic E-state index is 12.8. The fraction of sp³-hybridized carbons (Fsp3) is 0.464. The largest absolute Gasteiger partial charge is 0.508 e. The Morgan fingerprint density at radius 3 is 2.11 bits per heavy atom. The van der Waals surface area contributed by atoms with Crippen LogP contribution in [0, 0.1) is 0 Å². The first kappa shape index (κ1) is 30.0. The van der Waals surface area contributed by atoms with E-state index in [2.05, 4.69) is 37.9 Å². The summed E-state index contributed by atoms with van der Waals surface area (Å²) in [7, 11) is 5.66. The van der Waals surface area contributed by atoms with E-state index < -0.39 is 23.9 Å². The predicted octanol–water partition coefficient (Wildman–Crippen LogP) is 1.17. The Bertz CT molecular complexity index is 997. The minimum atomic E-state index is -0.885. The van der Waals surface area contributed by atoms with Crippen LogP contribution in [-0.2, 0) is 27.2 Å². The van der Waals surface area contributed by atoms with Crippen LogP contribution in [0.1, 0.15) is 25.0 Å². The van der Waals surface area contributed by atoms with E-state index in [1.807, 2.05) is 39.2 Å². The number of phenols is 1. The minimum absolute atomic E-state index is 0.0776. The average Bonchev–Trinajstić information content (AvgIpc) is 2.86. The first-order valence-electron chi connectivity index (χ1n) is 12.6. The van der Waals surface area contributed by atoms with Crippen LogP contribution >= 0.6 is 0 Å². The number of benzene rings is 2. The summed E-state index contributed by atoms with van der Waals surface area (Å²) < 4.78 is 0. The van der Waals surface area contributed by atoms with Gasteiger partial charge in [0.15, 0.2) is 0 Å². The summed E-state index contributed by atoms with van der Waals surface area (Å²) in [6.07, 6.45) is 1.17. The van der Waals surface area contributed by atoms with Crippen LogP contribution in [0.25, 0.3) is 0 Å². The van der Waals surface area contributed by atoms with Crippen LogP contribution in [-0.4, -0.2) is 91.5 Å². The molecule has 37 heavy (non-hydrogen) atoms. The number of likely N-dealkylation sites (N-methyl/N-ethyl adjacent to an activating group) is 3. The number of amides is 3. The summed E-state index contributed by atoms with van der Waals surface area (Å²) in [5, 5.41) is 17.5. The molecular weight excluding hydrogens is 470 g/mol. The van der Waals surface area contributed by atoms with Gasteiger partial charge in [-0.25, -0.2) is 0 Å². The fourth-order valence-corrected chi connectivity index (χ4v) is 4.16. The number of imide groups is 1. The van der Waals surface area contributed by atoms with E-state index in [9.17, 15) is 19.5 Å². The SMILES string of the molecule is CCN(CC(=O)NC(=O)[C@@H](C)NC(=O)[C@H](Cc1ccc(O)cc1)NC)[C@@H](Cc1ccccc1)CN(C)C. The normalized spacial score (nSPS) is 13.7. The van der Waals surface area contributed by atoms with Gasteiger partial charge in [-0.1, -0.05) is 49.4 Å². The van der Waals surface area contributed by atoms with Crippen LogP contribution in [0.4, 0.5) is 0 Å². The van der Waals surface area contributed by atoms with Crippen LogP contribution in [0.15, 0.2) is 54.6 Å². The third-order valence-corrected chi connectivity index (χ3v) is 6.22. The minimum Gasteiger partial charge on any atom is -0.508 e. The zero-order valence-electron chi connectivity index (χ0n) is 22.5. The van der Waals surface area contributed by atoms with E-state index in [1.54, 1.807) is 38.2 Å². The number of hydrogen-bond donors (Lipinski definition) is 4. The molecule has 9 heteroatoms. The second-order valence-corrected chi connectivity index (χ2v) is 9.52. The van der Waals surface area contributed by atoms with Crippen LogP contribution in [0.3, 0.4) is 0 Å². The molecule has 0 fully saturated rings. The summed E-state index contributed by atoms with van der Waals surface area (Å²) in [5.41, 5.74) is 2.05. The molecule has 4 N–H and O–H groups in total. The van der Waals surface area contributed by atoms with E-state index in [1.165, 1.54) is 5.56 Å². The van der Waals surface area contributed by atoms with Gasteiger partial charge >= 0.3 is 0 Å². The van der Waals surface area contributed by atoms with E-state index in [4.69, 9.17) is 0 Å². The van der Waals surface area contributed by atoms with Crippen LogP contribution in [0.5, 0.6) is 5.75 Å². The monoisotopic (exact) mass is 511 g/mol. The molecule has 3 amide bonds. The molecule has 3 atom stereocenters. The van der Waals surface area contributed by atoms with E-state index >= 15 is 0 Å². The second-order valence-electron chi connectivity index (χ2n) is 9.52. The van der Waals surface area contributed by atoms with Gasteiger partial charge in [-0.15, -0.1) is 0 Å². The van der Waals surface area contributed by atoms with Crippen molar-refractivity contribution in [2.75, 3.05) is 40.8 Å². The summed E-state index contributed by atoms with van der Waals surface area (Å²) in [4.78, 5) is 42.4. The van der Waals surface area contributed by atoms with Gasteiger partial charge in [0.25, 0.3) is 0 Å². The third-order valence-electron chi connectivity index (χ3n) is 6.22. The highest BCUT2D eigenvalue weighted by atomic mass is 16.3. The molecule has 0 aliphatic rings. The summed E-state index contributed by atoms with van der Waals surface area (Å²) in [5.74, 6) is -1.16. The zero-order chi connectivity index (χ0) is 27.4. The Balaban J connectivity index is 1.93. The van der Waals surface area contributed by atoms with Crippen LogP contribution < -0.4 is 16.0 Å². The topological polar surface area (TPSA) is 114 Å². The van der Waals surface area contributed by atoms with Crippen molar-refractivity contribution >= 4 is 17.7 Å².